The van der Waals surface area contributed by atoms with Gasteiger partial charge < -0.3 is 0 Å². The van der Waals surface area contributed by atoms with Crippen LogP contribution in [0.2, 0.25) is 0 Å². The van der Waals surface area contributed by atoms with E-state index in [1.807, 2.05) is 0 Å². The largest absolute Gasteiger partial charge is 0.214 e. The molecule has 0 saturated heterocycles. The topological polar surface area (TPSA) is 46.2 Å². The minimum Gasteiger partial charge on any atom is -0.212 e. The standard InChI is InChI=1S/C12H25NO2S/c1-9(2)11-7-5-6-8-12(11)13-16(14,15)10(3)4/h9-13H,5-8H2,1-4H3. The van der Waals surface area contributed by atoms with Crippen LogP contribution in [0.5, 0.6) is 0 Å². The van der Waals surface area contributed by atoms with Gasteiger partial charge in [0.25, 0.3) is 0 Å². The van der Waals surface area contributed by atoms with Crippen LogP contribution in [-0.4, -0.2) is 19.7 Å². The summed E-state index contributed by atoms with van der Waals surface area (Å²) < 4.78 is 26.6. The van der Waals surface area contributed by atoms with E-state index in [9.17, 15) is 8.42 Å². The molecule has 0 bridgehead atoms. The van der Waals surface area contributed by atoms with Crippen molar-refractivity contribution in [2.24, 2.45) is 11.8 Å². The summed E-state index contributed by atoms with van der Waals surface area (Å²) in [6.45, 7) is 7.84. The highest BCUT2D eigenvalue weighted by Crippen LogP contribution is 2.30. The zero-order valence-electron chi connectivity index (χ0n) is 10.9. The molecule has 0 aromatic rings. The van der Waals surface area contributed by atoms with Crippen LogP contribution in [-0.2, 0) is 10.0 Å². The summed E-state index contributed by atoms with van der Waals surface area (Å²) in [5.41, 5.74) is 0. The summed E-state index contributed by atoms with van der Waals surface area (Å²) in [7, 11) is -3.11. The lowest BCUT2D eigenvalue weighted by Gasteiger charge is -2.35. The summed E-state index contributed by atoms with van der Waals surface area (Å²) in [6.07, 6.45) is 4.54. The third kappa shape index (κ3) is 3.45. The quantitative estimate of drug-likeness (QED) is 0.830. The van der Waals surface area contributed by atoms with Gasteiger partial charge in [-0.25, -0.2) is 13.1 Å². The Hall–Kier alpha value is -0.0900. The molecule has 1 saturated carbocycles. The van der Waals surface area contributed by atoms with Gasteiger partial charge >= 0.3 is 0 Å². The zero-order chi connectivity index (χ0) is 12.3. The molecule has 1 fully saturated rings. The van der Waals surface area contributed by atoms with Crippen LogP contribution in [0, 0.1) is 11.8 Å². The van der Waals surface area contributed by atoms with E-state index in [1.165, 1.54) is 6.42 Å². The number of nitrogens with one attached hydrogen (secondary N) is 1. The van der Waals surface area contributed by atoms with E-state index in [2.05, 4.69) is 18.6 Å². The van der Waals surface area contributed by atoms with Gasteiger partial charge in [0.05, 0.1) is 5.25 Å². The van der Waals surface area contributed by atoms with E-state index in [4.69, 9.17) is 0 Å². The van der Waals surface area contributed by atoms with E-state index >= 15 is 0 Å². The summed E-state index contributed by atoms with van der Waals surface area (Å²) in [4.78, 5) is 0. The summed E-state index contributed by atoms with van der Waals surface area (Å²) in [5, 5.41) is -0.331. The van der Waals surface area contributed by atoms with E-state index in [1.54, 1.807) is 13.8 Å². The lowest BCUT2D eigenvalue weighted by atomic mass is 9.78. The second-order valence-electron chi connectivity index (χ2n) is 5.51. The molecule has 0 amide bonds. The summed E-state index contributed by atoms with van der Waals surface area (Å²) >= 11 is 0. The average Bonchev–Trinajstić information content (AvgIpc) is 2.17. The molecule has 0 aromatic carbocycles. The molecule has 1 aliphatic rings. The molecule has 1 aliphatic carbocycles. The number of sulfonamides is 1. The summed E-state index contributed by atoms with van der Waals surface area (Å²) in [6, 6.07) is 0.154. The first-order chi connectivity index (χ1) is 7.34. The predicted molar refractivity (Wildman–Crippen MR) is 67.8 cm³/mol. The van der Waals surface area contributed by atoms with Crippen LogP contribution < -0.4 is 4.72 Å². The zero-order valence-corrected chi connectivity index (χ0v) is 11.7. The van der Waals surface area contributed by atoms with Gasteiger partial charge in [-0.3, -0.25) is 0 Å². The van der Waals surface area contributed by atoms with Crippen molar-refractivity contribution in [2.45, 2.75) is 64.7 Å². The molecule has 96 valence electrons. The SMILES string of the molecule is CC(C)C1CCCCC1NS(=O)(=O)C(C)C. The van der Waals surface area contributed by atoms with Gasteiger partial charge in [-0.1, -0.05) is 26.7 Å². The van der Waals surface area contributed by atoms with Crippen molar-refractivity contribution in [3.8, 4) is 0 Å². The normalized spacial score (nSPS) is 27.6. The smallest absolute Gasteiger partial charge is 0.212 e. The van der Waals surface area contributed by atoms with Gasteiger partial charge in [-0.05, 0) is 38.5 Å². The fourth-order valence-corrected chi connectivity index (χ4v) is 3.44. The molecule has 16 heavy (non-hydrogen) atoms. The van der Waals surface area contributed by atoms with E-state index in [-0.39, 0.29) is 11.3 Å². The van der Waals surface area contributed by atoms with Crippen molar-refractivity contribution < 1.29 is 8.42 Å². The summed E-state index contributed by atoms with van der Waals surface area (Å²) in [5.74, 6) is 1.06. The van der Waals surface area contributed by atoms with E-state index in [0.717, 1.165) is 19.3 Å². The van der Waals surface area contributed by atoms with Gasteiger partial charge in [-0.2, -0.15) is 0 Å². The fraction of sp³-hybridized carbons (Fsp3) is 1.00. The molecule has 4 heteroatoms. The Balaban J connectivity index is 2.70. The third-order valence-electron chi connectivity index (χ3n) is 3.61. The number of hydrogen-bond donors (Lipinski definition) is 1. The highest BCUT2D eigenvalue weighted by Gasteiger charge is 2.31. The van der Waals surface area contributed by atoms with Crippen molar-refractivity contribution in [1.29, 1.82) is 0 Å². The molecule has 1 rings (SSSR count). The van der Waals surface area contributed by atoms with Crippen LogP contribution >= 0.6 is 0 Å². The van der Waals surface area contributed by atoms with Crippen molar-refractivity contribution in [1.82, 2.24) is 4.72 Å². The van der Waals surface area contributed by atoms with E-state index < -0.39 is 10.0 Å². The Morgan fingerprint density at radius 1 is 1.06 bits per heavy atom. The molecule has 3 nitrogen and oxygen atoms in total. The van der Waals surface area contributed by atoms with Crippen molar-refractivity contribution >= 4 is 10.0 Å². The average molecular weight is 247 g/mol. The first kappa shape index (κ1) is 14.0. The van der Waals surface area contributed by atoms with Crippen LogP contribution in [0.1, 0.15) is 53.4 Å². The lowest BCUT2D eigenvalue weighted by molar-refractivity contribution is 0.226. The Bertz CT molecular complexity index is 309. The van der Waals surface area contributed by atoms with Crippen molar-refractivity contribution in [3.05, 3.63) is 0 Å². The first-order valence-corrected chi connectivity index (χ1v) is 7.90. The van der Waals surface area contributed by atoms with Gasteiger partial charge in [0.2, 0.25) is 10.0 Å². The molecule has 0 spiro atoms. The highest BCUT2D eigenvalue weighted by atomic mass is 32.2. The maximum absolute atomic E-state index is 11.9. The van der Waals surface area contributed by atoms with Gasteiger partial charge in [-0.15, -0.1) is 0 Å². The molecule has 0 heterocycles. The maximum atomic E-state index is 11.9. The minimum absolute atomic E-state index is 0.154. The molecule has 1 N–H and O–H groups in total. The fourth-order valence-electron chi connectivity index (χ4n) is 2.45. The number of rotatable bonds is 4. The van der Waals surface area contributed by atoms with Crippen molar-refractivity contribution in [2.75, 3.05) is 0 Å². The molecule has 2 unspecified atom stereocenters. The molecular weight excluding hydrogens is 222 g/mol. The molecule has 0 aliphatic heterocycles. The Labute approximate surface area is 100 Å². The molecule has 0 aromatic heterocycles. The second kappa shape index (κ2) is 5.50. The van der Waals surface area contributed by atoms with Crippen LogP contribution in [0.25, 0.3) is 0 Å². The van der Waals surface area contributed by atoms with Gasteiger partial charge in [0.15, 0.2) is 0 Å². The molecule has 0 radical (unpaired) electrons. The monoisotopic (exact) mass is 247 g/mol. The van der Waals surface area contributed by atoms with Crippen LogP contribution in [0.3, 0.4) is 0 Å². The van der Waals surface area contributed by atoms with Crippen LogP contribution in [0.15, 0.2) is 0 Å². The third-order valence-corrected chi connectivity index (χ3v) is 5.48. The number of hydrogen-bond acceptors (Lipinski definition) is 2. The Morgan fingerprint density at radius 2 is 1.62 bits per heavy atom. The highest BCUT2D eigenvalue weighted by molar-refractivity contribution is 7.90. The van der Waals surface area contributed by atoms with Crippen LogP contribution in [0.4, 0.5) is 0 Å². The Kier molecular flexibility index (Phi) is 4.80. The van der Waals surface area contributed by atoms with Crippen molar-refractivity contribution in [3.63, 3.8) is 0 Å². The first-order valence-electron chi connectivity index (χ1n) is 6.35. The minimum atomic E-state index is -3.11. The predicted octanol–water partition coefficient (Wildman–Crippen LogP) is 2.53. The van der Waals surface area contributed by atoms with Gasteiger partial charge in [0.1, 0.15) is 0 Å². The van der Waals surface area contributed by atoms with Gasteiger partial charge in [0, 0.05) is 6.04 Å². The lowest BCUT2D eigenvalue weighted by Crippen LogP contribution is -2.46. The molecule has 2 atom stereocenters. The van der Waals surface area contributed by atoms with E-state index in [0.29, 0.717) is 11.8 Å². The second-order valence-corrected chi connectivity index (χ2v) is 7.78. The maximum Gasteiger partial charge on any atom is 0.214 e. The molecular formula is C12H25NO2S. The Morgan fingerprint density at radius 3 is 2.12 bits per heavy atom.